The normalized spacial score (nSPS) is 10.5. The Morgan fingerprint density at radius 2 is 2.14 bits per heavy atom. The van der Waals surface area contributed by atoms with Gasteiger partial charge < -0.3 is 4.74 Å². The van der Waals surface area contributed by atoms with Gasteiger partial charge in [0.15, 0.2) is 5.13 Å². The summed E-state index contributed by atoms with van der Waals surface area (Å²) in [5.41, 5.74) is 1.19. The van der Waals surface area contributed by atoms with Gasteiger partial charge in [-0.1, -0.05) is 24.7 Å². The monoisotopic (exact) mass is 338 g/mol. The summed E-state index contributed by atoms with van der Waals surface area (Å²) in [6, 6.07) is 1.90. The van der Waals surface area contributed by atoms with E-state index >= 15 is 0 Å². The molecule has 2 aromatic heterocycles. The van der Waals surface area contributed by atoms with Crippen molar-refractivity contribution in [3.63, 3.8) is 0 Å². The van der Waals surface area contributed by atoms with Gasteiger partial charge in [-0.15, -0.1) is 11.3 Å². The molecular formula is C15H18N2O3S2. The Balaban J connectivity index is 2.08. The molecule has 5 nitrogen and oxygen atoms in total. The molecule has 0 bridgehead atoms. The molecule has 0 spiro atoms. The second kappa shape index (κ2) is 7.51. The number of aryl methyl sites for hydroxylation is 2. The third-order valence-electron chi connectivity index (χ3n) is 2.89. The van der Waals surface area contributed by atoms with Crippen LogP contribution in [0.25, 0.3) is 0 Å². The van der Waals surface area contributed by atoms with E-state index in [4.69, 9.17) is 4.74 Å². The maximum absolute atomic E-state index is 12.2. The fourth-order valence-corrected chi connectivity index (χ4v) is 3.71. The maximum Gasteiger partial charge on any atom is 0.350 e. The summed E-state index contributed by atoms with van der Waals surface area (Å²) >= 11 is 2.71. The Labute approximate surface area is 137 Å². The number of nitrogens with one attached hydrogen (secondary N) is 1. The number of esters is 1. The van der Waals surface area contributed by atoms with Crippen LogP contribution >= 0.6 is 22.7 Å². The van der Waals surface area contributed by atoms with E-state index < -0.39 is 5.97 Å². The van der Waals surface area contributed by atoms with Crippen molar-refractivity contribution in [2.75, 3.05) is 11.9 Å². The molecule has 0 aromatic carbocycles. The number of nitrogens with zero attached hydrogens (tertiary/aromatic N) is 1. The second-order valence-corrected chi connectivity index (χ2v) is 6.65. The van der Waals surface area contributed by atoms with Crippen LogP contribution in [0.3, 0.4) is 0 Å². The molecule has 0 unspecified atom stereocenters. The third kappa shape index (κ3) is 3.92. The fourth-order valence-electron chi connectivity index (χ4n) is 1.88. The fraction of sp³-hybridized carbons (Fsp3) is 0.400. The SMILES string of the molecule is CCCc1cc(C(=O)Nc2nc(C)c(C(=O)OCC)s2)cs1. The highest BCUT2D eigenvalue weighted by Gasteiger charge is 2.18. The summed E-state index contributed by atoms with van der Waals surface area (Å²) in [4.78, 5) is 29.8. The molecule has 22 heavy (non-hydrogen) atoms. The second-order valence-electron chi connectivity index (χ2n) is 4.66. The third-order valence-corrected chi connectivity index (χ3v) is 4.94. The van der Waals surface area contributed by atoms with Gasteiger partial charge in [-0.25, -0.2) is 9.78 Å². The number of rotatable bonds is 6. The van der Waals surface area contributed by atoms with Crippen molar-refractivity contribution in [1.29, 1.82) is 0 Å². The maximum atomic E-state index is 12.2. The van der Waals surface area contributed by atoms with Gasteiger partial charge in [0.05, 0.1) is 17.9 Å². The standard InChI is InChI=1S/C15H18N2O3S2/c1-4-6-11-7-10(8-21-11)13(18)17-15-16-9(3)12(22-15)14(19)20-5-2/h7-8H,4-6H2,1-3H3,(H,16,17,18). The van der Waals surface area contributed by atoms with Crippen LogP contribution in [-0.4, -0.2) is 23.5 Å². The van der Waals surface area contributed by atoms with E-state index in [0.29, 0.717) is 27.9 Å². The summed E-state index contributed by atoms with van der Waals surface area (Å²) < 4.78 is 4.96. The Bertz CT molecular complexity index is 676. The van der Waals surface area contributed by atoms with Gasteiger partial charge in [0, 0.05) is 10.3 Å². The summed E-state index contributed by atoms with van der Waals surface area (Å²) in [6.07, 6.45) is 2.03. The van der Waals surface area contributed by atoms with Gasteiger partial charge in [-0.05, 0) is 26.3 Å². The van der Waals surface area contributed by atoms with Gasteiger partial charge in [-0.3, -0.25) is 10.1 Å². The van der Waals surface area contributed by atoms with Crippen LogP contribution in [0.2, 0.25) is 0 Å². The highest BCUT2D eigenvalue weighted by atomic mass is 32.1. The molecule has 0 aliphatic rings. The molecule has 118 valence electrons. The van der Waals surface area contributed by atoms with Crippen molar-refractivity contribution >= 4 is 39.7 Å². The lowest BCUT2D eigenvalue weighted by Gasteiger charge is -1.98. The predicted octanol–water partition coefficient (Wildman–Crippen LogP) is 3.89. The number of carbonyl (C=O) groups is 2. The summed E-state index contributed by atoms with van der Waals surface area (Å²) in [7, 11) is 0. The molecule has 2 aromatic rings. The van der Waals surface area contributed by atoms with Crippen LogP contribution in [0, 0.1) is 6.92 Å². The van der Waals surface area contributed by atoms with Gasteiger partial charge in [-0.2, -0.15) is 0 Å². The van der Waals surface area contributed by atoms with Crippen molar-refractivity contribution in [3.05, 3.63) is 32.5 Å². The van der Waals surface area contributed by atoms with Crippen molar-refractivity contribution < 1.29 is 14.3 Å². The lowest BCUT2D eigenvalue weighted by Crippen LogP contribution is -2.10. The Morgan fingerprint density at radius 1 is 1.36 bits per heavy atom. The number of carbonyl (C=O) groups excluding carboxylic acids is 2. The van der Waals surface area contributed by atoms with E-state index in [-0.39, 0.29) is 5.91 Å². The largest absolute Gasteiger partial charge is 0.462 e. The number of thiophene rings is 1. The highest BCUT2D eigenvalue weighted by Crippen LogP contribution is 2.24. The molecule has 0 radical (unpaired) electrons. The summed E-state index contributed by atoms with van der Waals surface area (Å²) in [5, 5.41) is 4.99. The van der Waals surface area contributed by atoms with Gasteiger partial charge in [0.2, 0.25) is 0 Å². The molecule has 1 amide bonds. The molecular weight excluding hydrogens is 320 g/mol. The number of hydrogen-bond acceptors (Lipinski definition) is 6. The first-order valence-corrected chi connectivity index (χ1v) is 8.78. The number of anilines is 1. The van der Waals surface area contributed by atoms with Crippen molar-refractivity contribution in [3.8, 4) is 0 Å². The molecule has 2 heterocycles. The van der Waals surface area contributed by atoms with Crippen molar-refractivity contribution in [1.82, 2.24) is 4.98 Å². The molecule has 0 aliphatic carbocycles. The van der Waals surface area contributed by atoms with E-state index in [2.05, 4.69) is 17.2 Å². The number of hydrogen-bond donors (Lipinski definition) is 1. The topological polar surface area (TPSA) is 68.3 Å². The first kappa shape index (κ1) is 16.6. The summed E-state index contributed by atoms with van der Waals surface area (Å²) in [5.74, 6) is -0.610. The lowest BCUT2D eigenvalue weighted by molar-refractivity contribution is 0.0531. The van der Waals surface area contributed by atoms with E-state index in [1.165, 1.54) is 4.88 Å². The van der Waals surface area contributed by atoms with Gasteiger partial charge in [0.1, 0.15) is 4.88 Å². The van der Waals surface area contributed by atoms with Crippen molar-refractivity contribution in [2.24, 2.45) is 0 Å². The minimum absolute atomic E-state index is 0.206. The Kier molecular flexibility index (Phi) is 5.68. The first-order chi connectivity index (χ1) is 10.5. The predicted molar refractivity (Wildman–Crippen MR) is 89.1 cm³/mol. The van der Waals surface area contributed by atoms with Crippen LogP contribution < -0.4 is 5.32 Å². The zero-order valence-electron chi connectivity index (χ0n) is 12.8. The van der Waals surface area contributed by atoms with E-state index in [1.54, 1.807) is 25.2 Å². The molecule has 0 fully saturated rings. The molecule has 0 atom stereocenters. The number of amides is 1. The Hall–Kier alpha value is -1.73. The lowest BCUT2D eigenvalue weighted by atomic mass is 10.2. The minimum Gasteiger partial charge on any atom is -0.462 e. The quantitative estimate of drug-likeness (QED) is 0.811. The highest BCUT2D eigenvalue weighted by molar-refractivity contribution is 7.17. The van der Waals surface area contributed by atoms with Crippen LogP contribution in [-0.2, 0) is 11.2 Å². The van der Waals surface area contributed by atoms with Gasteiger partial charge in [0.25, 0.3) is 5.91 Å². The van der Waals surface area contributed by atoms with E-state index in [1.807, 2.05) is 11.4 Å². The van der Waals surface area contributed by atoms with Gasteiger partial charge >= 0.3 is 5.97 Å². The number of aromatic nitrogens is 1. The molecule has 7 heteroatoms. The number of ether oxygens (including phenoxy) is 1. The first-order valence-electron chi connectivity index (χ1n) is 7.08. The average molecular weight is 338 g/mol. The van der Waals surface area contributed by atoms with Crippen LogP contribution in [0.4, 0.5) is 5.13 Å². The van der Waals surface area contributed by atoms with Crippen LogP contribution in [0.1, 0.15) is 50.9 Å². The average Bonchev–Trinajstić information content (AvgIpc) is 3.06. The number of thiazole rings is 1. The smallest absolute Gasteiger partial charge is 0.350 e. The zero-order valence-corrected chi connectivity index (χ0v) is 14.4. The van der Waals surface area contributed by atoms with E-state index in [9.17, 15) is 9.59 Å². The van der Waals surface area contributed by atoms with Crippen LogP contribution in [0.5, 0.6) is 0 Å². The molecule has 2 rings (SSSR count). The summed E-state index contributed by atoms with van der Waals surface area (Å²) in [6.45, 7) is 5.89. The molecule has 0 saturated carbocycles. The van der Waals surface area contributed by atoms with E-state index in [0.717, 1.165) is 24.2 Å². The van der Waals surface area contributed by atoms with Crippen molar-refractivity contribution in [2.45, 2.75) is 33.6 Å². The zero-order chi connectivity index (χ0) is 16.1. The Morgan fingerprint density at radius 3 is 2.82 bits per heavy atom. The molecule has 1 N–H and O–H groups in total. The minimum atomic E-state index is -0.404. The molecule has 0 aliphatic heterocycles. The van der Waals surface area contributed by atoms with Crippen LogP contribution in [0.15, 0.2) is 11.4 Å². The molecule has 0 saturated heterocycles.